The van der Waals surface area contributed by atoms with Gasteiger partial charge in [-0.25, -0.2) is 0 Å². The number of rotatable bonds is 1. The summed E-state index contributed by atoms with van der Waals surface area (Å²) in [5, 5.41) is 8.37. The van der Waals surface area contributed by atoms with Gasteiger partial charge in [-0.15, -0.1) is 0 Å². The van der Waals surface area contributed by atoms with Crippen LogP contribution in [0.4, 0.5) is 5.69 Å². The normalized spacial score (nSPS) is 9.09. The van der Waals surface area contributed by atoms with Crippen LogP contribution in [-0.4, -0.2) is 4.98 Å². The van der Waals surface area contributed by atoms with Crippen LogP contribution in [0.5, 0.6) is 0 Å². The predicted octanol–water partition coefficient (Wildman–Crippen LogP) is 1.49. The zero-order valence-electron chi connectivity index (χ0n) is 5.71. The highest BCUT2D eigenvalue weighted by atomic mass is 79.9. The average Bonchev–Trinajstić information content (AvgIpc) is 1.95. The van der Waals surface area contributed by atoms with Crippen LogP contribution in [-0.2, 0) is 6.42 Å². The van der Waals surface area contributed by atoms with E-state index in [4.69, 9.17) is 11.0 Å². The van der Waals surface area contributed by atoms with E-state index in [1.807, 2.05) is 6.07 Å². The number of pyridine rings is 1. The first kappa shape index (κ1) is 8.02. The summed E-state index contributed by atoms with van der Waals surface area (Å²) in [6.07, 6.45) is 1.85. The second-order valence-corrected chi connectivity index (χ2v) is 2.89. The van der Waals surface area contributed by atoms with E-state index in [1.54, 1.807) is 6.07 Å². The summed E-state index contributed by atoms with van der Waals surface area (Å²) in [6, 6.07) is 3.75. The fourth-order valence-electron chi connectivity index (χ4n) is 0.686. The number of nitrogen functional groups attached to an aromatic ring is 1. The fraction of sp³-hybridized carbons (Fsp3) is 0.143. The first-order valence-electron chi connectivity index (χ1n) is 3.01. The molecular weight excluding hydrogens is 206 g/mol. The van der Waals surface area contributed by atoms with Gasteiger partial charge in [-0.1, -0.05) is 0 Å². The number of nitriles is 1. The number of halogens is 1. The van der Waals surface area contributed by atoms with Gasteiger partial charge in [0.25, 0.3) is 0 Å². The van der Waals surface area contributed by atoms with Gasteiger partial charge in [0.2, 0.25) is 0 Å². The quantitative estimate of drug-likeness (QED) is 0.766. The number of nitrogens with two attached hydrogens (primary N) is 1. The Morgan fingerprint density at radius 2 is 2.45 bits per heavy atom. The van der Waals surface area contributed by atoms with Crippen molar-refractivity contribution in [3.8, 4) is 6.07 Å². The van der Waals surface area contributed by atoms with Crippen LogP contribution in [0.15, 0.2) is 16.7 Å². The van der Waals surface area contributed by atoms with Crippen molar-refractivity contribution in [2.75, 3.05) is 5.73 Å². The van der Waals surface area contributed by atoms with Gasteiger partial charge in [-0.3, -0.25) is 4.98 Å². The summed E-state index contributed by atoms with van der Waals surface area (Å²) in [5.41, 5.74) is 6.77. The molecule has 0 radical (unpaired) electrons. The zero-order valence-corrected chi connectivity index (χ0v) is 7.30. The van der Waals surface area contributed by atoms with E-state index in [1.165, 1.54) is 6.20 Å². The van der Waals surface area contributed by atoms with E-state index >= 15 is 0 Å². The fourth-order valence-corrected chi connectivity index (χ4v) is 1.19. The summed E-state index contributed by atoms with van der Waals surface area (Å²) in [6.45, 7) is 0. The smallest absolute Gasteiger partial charge is 0.0786 e. The molecule has 0 saturated heterocycles. The van der Waals surface area contributed by atoms with Crippen molar-refractivity contribution >= 4 is 21.6 Å². The Hall–Kier alpha value is -1.08. The lowest BCUT2D eigenvalue weighted by Gasteiger charge is -1.98. The second kappa shape index (κ2) is 3.35. The van der Waals surface area contributed by atoms with Crippen molar-refractivity contribution < 1.29 is 0 Å². The number of hydrogen-bond acceptors (Lipinski definition) is 3. The van der Waals surface area contributed by atoms with Crippen LogP contribution in [0.3, 0.4) is 0 Å². The topological polar surface area (TPSA) is 62.7 Å². The lowest BCUT2D eigenvalue weighted by molar-refractivity contribution is 1.10. The number of hydrogen-bond donors (Lipinski definition) is 1. The molecule has 0 unspecified atom stereocenters. The first-order chi connectivity index (χ1) is 5.24. The molecule has 0 atom stereocenters. The molecule has 1 aromatic heterocycles. The molecule has 0 bridgehead atoms. The van der Waals surface area contributed by atoms with Crippen LogP contribution in [0.1, 0.15) is 5.69 Å². The second-order valence-electron chi connectivity index (χ2n) is 2.03. The number of anilines is 1. The van der Waals surface area contributed by atoms with Crippen molar-refractivity contribution in [1.29, 1.82) is 5.26 Å². The molecule has 56 valence electrons. The summed E-state index contributed by atoms with van der Waals surface area (Å²) >= 11 is 3.25. The van der Waals surface area contributed by atoms with Gasteiger partial charge in [0.1, 0.15) is 0 Å². The van der Waals surface area contributed by atoms with Crippen LogP contribution in [0, 0.1) is 11.3 Å². The van der Waals surface area contributed by atoms with Gasteiger partial charge < -0.3 is 5.73 Å². The minimum Gasteiger partial charge on any atom is -0.397 e. The largest absolute Gasteiger partial charge is 0.397 e. The maximum absolute atomic E-state index is 8.37. The van der Waals surface area contributed by atoms with Crippen LogP contribution >= 0.6 is 15.9 Å². The van der Waals surface area contributed by atoms with E-state index in [2.05, 4.69) is 20.9 Å². The molecule has 0 aliphatic rings. The van der Waals surface area contributed by atoms with Gasteiger partial charge in [-0.05, 0) is 22.0 Å². The van der Waals surface area contributed by atoms with E-state index in [0.717, 1.165) is 10.2 Å². The van der Waals surface area contributed by atoms with Gasteiger partial charge in [-0.2, -0.15) is 5.26 Å². The van der Waals surface area contributed by atoms with Crippen molar-refractivity contribution in [1.82, 2.24) is 4.98 Å². The van der Waals surface area contributed by atoms with Crippen molar-refractivity contribution in [2.45, 2.75) is 6.42 Å². The Kier molecular flexibility index (Phi) is 2.44. The molecule has 4 heteroatoms. The van der Waals surface area contributed by atoms with Crippen molar-refractivity contribution in [2.24, 2.45) is 0 Å². The molecule has 0 amide bonds. The minimum absolute atomic E-state index is 0.306. The third-order valence-corrected chi connectivity index (χ3v) is 1.87. The molecule has 0 aliphatic carbocycles. The molecule has 0 aliphatic heterocycles. The molecule has 11 heavy (non-hydrogen) atoms. The third kappa shape index (κ3) is 1.92. The van der Waals surface area contributed by atoms with Gasteiger partial charge in [0.15, 0.2) is 0 Å². The Bertz CT molecular complexity index is 303. The molecule has 1 rings (SSSR count). The average molecular weight is 212 g/mol. The van der Waals surface area contributed by atoms with Gasteiger partial charge >= 0.3 is 0 Å². The monoisotopic (exact) mass is 211 g/mol. The highest BCUT2D eigenvalue weighted by Crippen LogP contribution is 2.16. The Labute approximate surface area is 73.0 Å². The summed E-state index contributed by atoms with van der Waals surface area (Å²) in [7, 11) is 0. The van der Waals surface area contributed by atoms with E-state index in [-0.39, 0.29) is 0 Å². The minimum atomic E-state index is 0.306. The maximum Gasteiger partial charge on any atom is 0.0786 e. The first-order valence-corrected chi connectivity index (χ1v) is 3.80. The standard InChI is InChI=1S/C7H6BrN3/c8-6-3-5(10)4-11-7(6)1-2-9/h3-4H,1,10H2. The van der Waals surface area contributed by atoms with Crippen molar-refractivity contribution in [3.63, 3.8) is 0 Å². The molecule has 2 N–H and O–H groups in total. The predicted molar refractivity (Wildman–Crippen MR) is 45.7 cm³/mol. The summed E-state index contributed by atoms with van der Waals surface area (Å²) in [4.78, 5) is 3.97. The molecule has 1 heterocycles. The Morgan fingerprint density at radius 1 is 1.73 bits per heavy atom. The molecule has 3 nitrogen and oxygen atoms in total. The zero-order chi connectivity index (χ0) is 8.27. The lowest BCUT2D eigenvalue weighted by Crippen LogP contribution is -1.92. The maximum atomic E-state index is 8.37. The Morgan fingerprint density at radius 3 is 3.00 bits per heavy atom. The van der Waals surface area contributed by atoms with E-state index in [9.17, 15) is 0 Å². The molecule has 1 aromatic rings. The van der Waals surface area contributed by atoms with E-state index < -0.39 is 0 Å². The van der Waals surface area contributed by atoms with Crippen molar-refractivity contribution in [3.05, 3.63) is 22.4 Å². The number of aromatic nitrogens is 1. The number of nitrogens with zero attached hydrogens (tertiary/aromatic N) is 2. The van der Waals surface area contributed by atoms with Gasteiger partial charge in [0, 0.05) is 4.47 Å². The van der Waals surface area contributed by atoms with Crippen LogP contribution in [0.2, 0.25) is 0 Å². The summed E-state index contributed by atoms with van der Waals surface area (Å²) < 4.78 is 0.791. The summed E-state index contributed by atoms with van der Waals surface area (Å²) in [5.74, 6) is 0. The molecular formula is C7H6BrN3. The third-order valence-electron chi connectivity index (χ3n) is 1.19. The molecule has 0 saturated carbocycles. The van der Waals surface area contributed by atoms with Crippen LogP contribution in [0.25, 0.3) is 0 Å². The highest BCUT2D eigenvalue weighted by molar-refractivity contribution is 9.10. The van der Waals surface area contributed by atoms with Crippen LogP contribution < -0.4 is 5.73 Å². The molecule has 0 spiro atoms. The van der Waals surface area contributed by atoms with Gasteiger partial charge in [0.05, 0.1) is 30.1 Å². The molecule has 0 fully saturated rings. The highest BCUT2D eigenvalue weighted by Gasteiger charge is 1.99. The van der Waals surface area contributed by atoms with E-state index in [0.29, 0.717) is 12.1 Å². The molecule has 0 aromatic carbocycles. The SMILES string of the molecule is N#CCc1ncc(N)cc1Br. The lowest BCUT2D eigenvalue weighted by atomic mass is 10.3. The Balaban J connectivity index is 3.01.